The molecule has 0 amide bonds. The fourth-order valence-corrected chi connectivity index (χ4v) is 1.50. The fourth-order valence-electron chi connectivity index (χ4n) is 1.15. The molecule has 0 spiro atoms. The zero-order valence-corrected chi connectivity index (χ0v) is 9.91. The van der Waals surface area contributed by atoms with Crippen molar-refractivity contribution < 1.29 is 4.39 Å². The molecule has 0 unspecified atom stereocenters. The molecule has 0 atom stereocenters. The normalized spacial score (nSPS) is 10.2. The zero-order valence-electron chi connectivity index (χ0n) is 9.10. The predicted octanol–water partition coefficient (Wildman–Crippen LogP) is 2.83. The minimum Gasteiger partial charge on any atom is -0.360 e. The van der Waals surface area contributed by atoms with Crippen LogP contribution in [0.3, 0.4) is 0 Å². The molecule has 0 aliphatic rings. The maximum atomic E-state index is 13.0. The molecule has 0 aliphatic carbocycles. The molecule has 0 fully saturated rings. The van der Waals surface area contributed by atoms with Gasteiger partial charge in [0.15, 0.2) is 5.11 Å². The second-order valence-corrected chi connectivity index (χ2v) is 4.12. The smallest absolute Gasteiger partial charge is 0.170 e. The topological polar surface area (TPSA) is 24.1 Å². The van der Waals surface area contributed by atoms with Gasteiger partial charge in [-0.3, -0.25) is 0 Å². The van der Waals surface area contributed by atoms with E-state index in [1.54, 1.807) is 6.07 Å². The van der Waals surface area contributed by atoms with Crippen molar-refractivity contribution in [3.8, 4) is 0 Å². The first-order valence-electron chi connectivity index (χ1n) is 4.82. The maximum absolute atomic E-state index is 13.0. The largest absolute Gasteiger partial charge is 0.360 e. The number of benzene rings is 1. The molecular weight excluding hydrogens is 211 g/mol. The van der Waals surface area contributed by atoms with Crippen molar-refractivity contribution in [2.45, 2.75) is 26.8 Å². The SMILES string of the molecule is Cc1ccc(F)cc1NC(=S)NC(C)C. The molecule has 0 radical (unpaired) electrons. The van der Waals surface area contributed by atoms with E-state index in [-0.39, 0.29) is 11.9 Å². The van der Waals surface area contributed by atoms with Crippen LogP contribution in [0.15, 0.2) is 18.2 Å². The Hall–Kier alpha value is -1.16. The van der Waals surface area contributed by atoms with Crippen LogP contribution in [-0.2, 0) is 0 Å². The molecule has 1 aromatic rings. The molecule has 2 N–H and O–H groups in total. The van der Waals surface area contributed by atoms with Gasteiger partial charge in [-0.1, -0.05) is 6.07 Å². The van der Waals surface area contributed by atoms with E-state index in [1.165, 1.54) is 12.1 Å². The van der Waals surface area contributed by atoms with Crippen molar-refractivity contribution in [3.05, 3.63) is 29.6 Å². The molecular formula is C11H15FN2S. The van der Waals surface area contributed by atoms with Crippen molar-refractivity contribution in [2.75, 3.05) is 5.32 Å². The van der Waals surface area contributed by atoms with Crippen molar-refractivity contribution in [2.24, 2.45) is 0 Å². The van der Waals surface area contributed by atoms with Crippen molar-refractivity contribution in [3.63, 3.8) is 0 Å². The van der Waals surface area contributed by atoms with Gasteiger partial charge in [0.1, 0.15) is 5.82 Å². The second kappa shape index (κ2) is 5.07. The van der Waals surface area contributed by atoms with E-state index in [4.69, 9.17) is 12.2 Å². The summed E-state index contributed by atoms with van der Waals surface area (Å²) in [4.78, 5) is 0. The molecule has 0 saturated carbocycles. The summed E-state index contributed by atoms with van der Waals surface area (Å²) < 4.78 is 13.0. The zero-order chi connectivity index (χ0) is 11.4. The Morgan fingerprint density at radius 1 is 1.40 bits per heavy atom. The molecule has 82 valence electrons. The van der Waals surface area contributed by atoms with E-state index in [9.17, 15) is 4.39 Å². The monoisotopic (exact) mass is 226 g/mol. The summed E-state index contributed by atoms with van der Waals surface area (Å²) in [5, 5.41) is 6.51. The average molecular weight is 226 g/mol. The first-order valence-corrected chi connectivity index (χ1v) is 5.23. The number of thiocarbonyl (C=S) groups is 1. The van der Waals surface area contributed by atoms with Crippen LogP contribution in [-0.4, -0.2) is 11.2 Å². The van der Waals surface area contributed by atoms with E-state index in [0.29, 0.717) is 10.8 Å². The summed E-state index contributed by atoms with van der Waals surface area (Å²) in [7, 11) is 0. The standard InChI is InChI=1S/C11H15FN2S/c1-7(2)13-11(15)14-10-6-9(12)5-4-8(10)3/h4-7H,1-3H3,(H2,13,14,15). The number of halogens is 1. The molecule has 0 bridgehead atoms. The van der Waals surface area contributed by atoms with Crippen LogP contribution < -0.4 is 10.6 Å². The van der Waals surface area contributed by atoms with Crippen LogP contribution in [0, 0.1) is 12.7 Å². The van der Waals surface area contributed by atoms with Crippen molar-refractivity contribution >= 4 is 23.0 Å². The van der Waals surface area contributed by atoms with E-state index < -0.39 is 0 Å². The minimum absolute atomic E-state index is 0.263. The highest BCUT2D eigenvalue weighted by atomic mass is 32.1. The van der Waals surface area contributed by atoms with Gasteiger partial charge < -0.3 is 10.6 Å². The number of rotatable bonds is 2. The molecule has 0 aliphatic heterocycles. The lowest BCUT2D eigenvalue weighted by molar-refractivity contribution is 0.628. The summed E-state index contributed by atoms with van der Waals surface area (Å²) in [6, 6.07) is 4.84. The highest BCUT2D eigenvalue weighted by molar-refractivity contribution is 7.80. The third-order valence-corrected chi connectivity index (χ3v) is 2.09. The van der Waals surface area contributed by atoms with E-state index >= 15 is 0 Å². The van der Waals surface area contributed by atoms with Gasteiger partial charge in [0.05, 0.1) is 0 Å². The Bertz CT molecular complexity index is 364. The van der Waals surface area contributed by atoms with E-state index in [0.717, 1.165) is 5.56 Å². The van der Waals surface area contributed by atoms with Crippen LogP contribution in [0.5, 0.6) is 0 Å². The third-order valence-electron chi connectivity index (χ3n) is 1.87. The molecule has 1 rings (SSSR count). The highest BCUT2D eigenvalue weighted by Gasteiger charge is 2.03. The van der Waals surface area contributed by atoms with Crippen LogP contribution in [0.2, 0.25) is 0 Å². The summed E-state index contributed by atoms with van der Waals surface area (Å²) >= 11 is 5.07. The Morgan fingerprint density at radius 2 is 2.07 bits per heavy atom. The molecule has 1 aromatic carbocycles. The number of hydrogen-bond acceptors (Lipinski definition) is 1. The Kier molecular flexibility index (Phi) is 4.03. The quantitative estimate of drug-likeness (QED) is 0.758. The predicted molar refractivity (Wildman–Crippen MR) is 65.6 cm³/mol. The Labute approximate surface area is 94.9 Å². The van der Waals surface area contributed by atoms with Gasteiger partial charge in [-0.15, -0.1) is 0 Å². The van der Waals surface area contributed by atoms with Gasteiger partial charge >= 0.3 is 0 Å². The summed E-state index contributed by atoms with van der Waals surface area (Å²) in [5.41, 5.74) is 1.66. The highest BCUT2D eigenvalue weighted by Crippen LogP contribution is 2.15. The van der Waals surface area contributed by atoms with Crippen molar-refractivity contribution in [1.82, 2.24) is 5.32 Å². The Balaban J connectivity index is 2.71. The number of anilines is 1. The number of nitrogens with one attached hydrogen (secondary N) is 2. The first-order chi connectivity index (χ1) is 6.99. The van der Waals surface area contributed by atoms with Gasteiger partial charge in [0.2, 0.25) is 0 Å². The third kappa shape index (κ3) is 3.83. The lowest BCUT2D eigenvalue weighted by Gasteiger charge is -2.14. The molecule has 0 saturated heterocycles. The lowest BCUT2D eigenvalue weighted by Crippen LogP contribution is -2.34. The maximum Gasteiger partial charge on any atom is 0.170 e. The summed E-state index contributed by atoms with van der Waals surface area (Å²) in [5.74, 6) is -0.268. The molecule has 15 heavy (non-hydrogen) atoms. The minimum atomic E-state index is -0.268. The first kappa shape index (κ1) is 11.9. The fraction of sp³-hybridized carbons (Fsp3) is 0.364. The second-order valence-electron chi connectivity index (χ2n) is 3.71. The van der Waals surface area contributed by atoms with E-state index in [2.05, 4.69) is 10.6 Å². The van der Waals surface area contributed by atoms with Gasteiger partial charge in [-0.25, -0.2) is 4.39 Å². The molecule has 2 nitrogen and oxygen atoms in total. The van der Waals surface area contributed by atoms with Crippen LogP contribution >= 0.6 is 12.2 Å². The van der Waals surface area contributed by atoms with Gasteiger partial charge in [0, 0.05) is 11.7 Å². The van der Waals surface area contributed by atoms with Gasteiger partial charge in [-0.05, 0) is 50.7 Å². The number of aryl methyl sites for hydroxylation is 1. The van der Waals surface area contributed by atoms with E-state index in [1.807, 2.05) is 20.8 Å². The van der Waals surface area contributed by atoms with Crippen LogP contribution in [0.4, 0.5) is 10.1 Å². The summed E-state index contributed by atoms with van der Waals surface area (Å²) in [6.07, 6.45) is 0. The molecule has 0 aromatic heterocycles. The number of hydrogen-bond donors (Lipinski definition) is 2. The lowest BCUT2D eigenvalue weighted by atomic mass is 10.2. The Morgan fingerprint density at radius 3 is 2.67 bits per heavy atom. The van der Waals surface area contributed by atoms with Crippen LogP contribution in [0.25, 0.3) is 0 Å². The summed E-state index contributed by atoms with van der Waals surface area (Å²) in [6.45, 7) is 5.89. The van der Waals surface area contributed by atoms with Crippen molar-refractivity contribution in [1.29, 1.82) is 0 Å². The van der Waals surface area contributed by atoms with Gasteiger partial charge in [0.25, 0.3) is 0 Å². The molecule has 4 heteroatoms. The van der Waals surface area contributed by atoms with Crippen LogP contribution in [0.1, 0.15) is 19.4 Å². The molecule has 0 heterocycles. The van der Waals surface area contributed by atoms with Gasteiger partial charge in [-0.2, -0.15) is 0 Å². The average Bonchev–Trinajstić information content (AvgIpc) is 2.10.